The molecule has 0 aliphatic carbocycles. The summed E-state index contributed by atoms with van der Waals surface area (Å²) in [4.78, 5) is 20.9. The molecule has 29 heavy (non-hydrogen) atoms. The monoisotopic (exact) mass is 392 g/mol. The molecule has 2 N–H and O–H groups in total. The maximum absolute atomic E-state index is 12.0. The van der Waals surface area contributed by atoms with E-state index in [1.807, 2.05) is 43.3 Å². The van der Waals surface area contributed by atoms with E-state index in [1.54, 1.807) is 25.3 Å². The van der Waals surface area contributed by atoms with Crippen molar-refractivity contribution in [3.05, 3.63) is 71.4 Å². The molecule has 3 aromatic rings. The first-order valence-electron chi connectivity index (χ1n) is 9.26. The second-order valence-corrected chi connectivity index (χ2v) is 6.41. The van der Waals surface area contributed by atoms with Crippen LogP contribution in [0.4, 0.5) is 17.5 Å². The Bertz CT molecular complexity index is 974. The van der Waals surface area contributed by atoms with Crippen LogP contribution in [0.15, 0.2) is 54.6 Å². The molecule has 1 heterocycles. The normalized spacial score (nSPS) is 10.3. The molecule has 1 aromatic heterocycles. The van der Waals surface area contributed by atoms with Gasteiger partial charge in [-0.05, 0) is 43.2 Å². The number of ether oxygens (including phenoxy) is 2. The largest absolute Gasteiger partial charge is 0.497 e. The summed E-state index contributed by atoms with van der Waals surface area (Å²) in [5.41, 5.74) is 3.07. The molecule has 0 aliphatic heterocycles. The molecule has 2 aromatic carbocycles. The lowest BCUT2D eigenvalue weighted by atomic mass is 10.1. The zero-order valence-electron chi connectivity index (χ0n) is 16.7. The van der Waals surface area contributed by atoms with Gasteiger partial charge < -0.3 is 20.1 Å². The quantitative estimate of drug-likeness (QED) is 0.561. The van der Waals surface area contributed by atoms with Crippen molar-refractivity contribution in [3.8, 4) is 5.75 Å². The number of methoxy groups -OCH3 is 2. The van der Waals surface area contributed by atoms with E-state index >= 15 is 0 Å². The van der Waals surface area contributed by atoms with Crippen LogP contribution in [0.25, 0.3) is 0 Å². The summed E-state index contributed by atoms with van der Waals surface area (Å²) in [5, 5.41) is 6.44. The Morgan fingerprint density at radius 3 is 2.52 bits per heavy atom. The van der Waals surface area contributed by atoms with E-state index in [9.17, 15) is 4.79 Å². The number of para-hydroxylation sites is 1. The number of carbonyl (C=O) groups excluding carboxylic acids is 1. The van der Waals surface area contributed by atoms with Crippen molar-refractivity contribution in [1.29, 1.82) is 0 Å². The Hall–Kier alpha value is -3.61. The fourth-order valence-corrected chi connectivity index (χ4v) is 2.84. The Kier molecular flexibility index (Phi) is 6.63. The average molecular weight is 392 g/mol. The highest BCUT2D eigenvalue weighted by atomic mass is 16.5. The zero-order chi connectivity index (χ0) is 20.6. The van der Waals surface area contributed by atoms with Gasteiger partial charge in [-0.3, -0.25) is 0 Å². The maximum atomic E-state index is 12.0. The summed E-state index contributed by atoms with van der Waals surface area (Å²) in [5.74, 6) is 1.56. The fourth-order valence-electron chi connectivity index (χ4n) is 2.84. The van der Waals surface area contributed by atoms with Gasteiger partial charge in [0, 0.05) is 18.3 Å². The number of hydrogen-bond acceptors (Lipinski definition) is 7. The summed E-state index contributed by atoms with van der Waals surface area (Å²) in [6, 6.07) is 16.9. The van der Waals surface area contributed by atoms with Crippen LogP contribution in [-0.2, 0) is 11.2 Å². The molecule has 0 radical (unpaired) electrons. The number of benzene rings is 2. The highest BCUT2D eigenvalue weighted by Crippen LogP contribution is 2.21. The molecule has 0 saturated carbocycles. The molecule has 150 valence electrons. The van der Waals surface area contributed by atoms with Crippen LogP contribution in [0.2, 0.25) is 0 Å². The van der Waals surface area contributed by atoms with Crippen molar-refractivity contribution >= 4 is 23.4 Å². The van der Waals surface area contributed by atoms with E-state index < -0.39 is 5.97 Å². The molecular formula is C22H24N4O3. The van der Waals surface area contributed by atoms with Crippen molar-refractivity contribution in [2.45, 2.75) is 13.3 Å². The van der Waals surface area contributed by atoms with Crippen LogP contribution < -0.4 is 15.4 Å². The number of aromatic nitrogens is 2. The van der Waals surface area contributed by atoms with Crippen LogP contribution >= 0.6 is 0 Å². The number of anilines is 3. The SMILES string of the molecule is COC(=O)c1ccccc1Nc1cc(C)nc(NCCc2ccc(OC)cc2)n1. The number of rotatable bonds is 8. The third kappa shape index (κ3) is 5.44. The number of aryl methyl sites for hydroxylation is 1. The van der Waals surface area contributed by atoms with E-state index in [-0.39, 0.29) is 0 Å². The van der Waals surface area contributed by atoms with Crippen LogP contribution in [-0.4, -0.2) is 36.7 Å². The summed E-state index contributed by atoms with van der Waals surface area (Å²) in [7, 11) is 3.01. The van der Waals surface area contributed by atoms with Gasteiger partial charge in [-0.1, -0.05) is 24.3 Å². The molecule has 0 aliphatic rings. The summed E-state index contributed by atoms with van der Waals surface area (Å²) >= 11 is 0. The van der Waals surface area contributed by atoms with Crippen molar-refractivity contribution in [3.63, 3.8) is 0 Å². The highest BCUT2D eigenvalue weighted by Gasteiger charge is 2.12. The minimum Gasteiger partial charge on any atom is -0.497 e. The van der Waals surface area contributed by atoms with E-state index in [1.165, 1.54) is 12.7 Å². The number of nitrogens with one attached hydrogen (secondary N) is 2. The molecule has 0 spiro atoms. The van der Waals surface area contributed by atoms with Crippen molar-refractivity contribution in [2.24, 2.45) is 0 Å². The smallest absolute Gasteiger partial charge is 0.339 e. The third-order valence-electron chi connectivity index (χ3n) is 4.31. The second kappa shape index (κ2) is 9.54. The Labute approximate surface area is 170 Å². The van der Waals surface area contributed by atoms with E-state index in [4.69, 9.17) is 9.47 Å². The van der Waals surface area contributed by atoms with Gasteiger partial charge in [0.1, 0.15) is 11.6 Å². The summed E-state index contributed by atoms with van der Waals surface area (Å²) in [6.45, 7) is 2.59. The van der Waals surface area contributed by atoms with Crippen LogP contribution in [0.5, 0.6) is 5.75 Å². The molecule has 3 rings (SSSR count). The molecule has 0 bridgehead atoms. The van der Waals surface area contributed by atoms with Gasteiger partial charge >= 0.3 is 5.97 Å². The number of carbonyl (C=O) groups is 1. The minimum absolute atomic E-state index is 0.406. The molecule has 7 nitrogen and oxygen atoms in total. The van der Waals surface area contributed by atoms with Gasteiger partial charge in [-0.15, -0.1) is 0 Å². The first kappa shape index (κ1) is 20.1. The Morgan fingerprint density at radius 2 is 1.79 bits per heavy atom. The Morgan fingerprint density at radius 1 is 1.03 bits per heavy atom. The second-order valence-electron chi connectivity index (χ2n) is 6.41. The molecule has 7 heteroatoms. The maximum Gasteiger partial charge on any atom is 0.339 e. The number of hydrogen-bond donors (Lipinski definition) is 2. The van der Waals surface area contributed by atoms with Gasteiger partial charge in [-0.25, -0.2) is 9.78 Å². The summed E-state index contributed by atoms with van der Waals surface area (Å²) < 4.78 is 10.0. The van der Waals surface area contributed by atoms with E-state index in [0.29, 0.717) is 29.6 Å². The van der Waals surface area contributed by atoms with Crippen LogP contribution in [0.1, 0.15) is 21.6 Å². The first-order valence-corrected chi connectivity index (χ1v) is 9.26. The van der Waals surface area contributed by atoms with Crippen LogP contribution in [0, 0.1) is 6.92 Å². The topological polar surface area (TPSA) is 85.4 Å². The lowest BCUT2D eigenvalue weighted by Crippen LogP contribution is -2.10. The van der Waals surface area contributed by atoms with Gasteiger partial charge in [0.25, 0.3) is 0 Å². The van der Waals surface area contributed by atoms with E-state index in [2.05, 4.69) is 20.6 Å². The lowest BCUT2D eigenvalue weighted by Gasteiger charge is -2.12. The van der Waals surface area contributed by atoms with Gasteiger partial charge in [0.15, 0.2) is 0 Å². The molecule has 0 fully saturated rings. The van der Waals surface area contributed by atoms with Crippen molar-refractivity contribution < 1.29 is 14.3 Å². The van der Waals surface area contributed by atoms with Gasteiger partial charge in [-0.2, -0.15) is 4.98 Å². The van der Waals surface area contributed by atoms with Gasteiger partial charge in [0.2, 0.25) is 5.95 Å². The van der Waals surface area contributed by atoms with Crippen molar-refractivity contribution in [1.82, 2.24) is 9.97 Å². The highest BCUT2D eigenvalue weighted by molar-refractivity contribution is 5.96. The molecule has 0 atom stereocenters. The molecular weight excluding hydrogens is 368 g/mol. The predicted octanol–water partition coefficient (Wildman–Crippen LogP) is 3.98. The molecule has 0 saturated heterocycles. The zero-order valence-corrected chi connectivity index (χ0v) is 16.7. The van der Waals surface area contributed by atoms with Gasteiger partial charge in [0.05, 0.1) is 25.5 Å². The van der Waals surface area contributed by atoms with Crippen LogP contribution in [0.3, 0.4) is 0 Å². The number of esters is 1. The first-order chi connectivity index (χ1) is 14.1. The average Bonchev–Trinajstić information content (AvgIpc) is 2.74. The minimum atomic E-state index is -0.406. The molecule has 0 amide bonds. The molecule has 0 unspecified atom stereocenters. The Balaban J connectivity index is 1.67. The van der Waals surface area contributed by atoms with E-state index in [0.717, 1.165) is 17.9 Å². The summed E-state index contributed by atoms with van der Waals surface area (Å²) in [6.07, 6.45) is 0.829. The fraction of sp³-hybridized carbons (Fsp3) is 0.227. The van der Waals surface area contributed by atoms with Crippen molar-refractivity contribution in [2.75, 3.05) is 31.4 Å². The number of nitrogens with zero attached hydrogens (tertiary/aromatic N) is 2. The predicted molar refractivity (Wildman–Crippen MR) is 113 cm³/mol. The lowest BCUT2D eigenvalue weighted by molar-refractivity contribution is 0.0602. The third-order valence-corrected chi connectivity index (χ3v) is 4.31. The standard InChI is InChI=1S/C22H24N4O3/c1-15-14-20(25-19-7-5-4-6-18(19)21(27)29-3)26-22(24-15)23-13-12-16-8-10-17(28-2)11-9-16/h4-11,14H,12-13H2,1-3H3,(H2,23,24,25,26).